The van der Waals surface area contributed by atoms with Crippen LogP contribution in [-0.4, -0.2) is 114 Å². The van der Waals surface area contributed by atoms with E-state index in [-0.39, 0.29) is 59.1 Å². The van der Waals surface area contributed by atoms with Crippen molar-refractivity contribution in [2.24, 2.45) is 0 Å². The molecule has 0 heterocycles. The number of rotatable bonds is 0. The van der Waals surface area contributed by atoms with Crippen LogP contribution >= 0.6 is 0 Å². The molecule has 0 aromatic carbocycles. The molecule has 0 saturated heterocycles. The van der Waals surface area contributed by atoms with Crippen LogP contribution in [0.15, 0.2) is 0 Å². The summed E-state index contributed by atoms with van der Waals surface area (Å²) in [6, 6.07) is 0. The average Bonchev–Trinajstić information content (AvgIpc) is 1.94. The molecular weight excluding hydrogens is 326 g/mol. The van der Waals surface area contributed by atoms with E-state index in [2.05, 4.69) is 0 Å². The summed E-state index contributed by atoms with van der Waals surface area (Å²) in [6.45, 7) is 5.42. The van der Waals surface area contributed by atoms with E-state index >= 15 is 0 Å². The van der Waals surface area contributed by atoms with Gasteiger partial charge in [-0.05, 0) is 0 Å². The van der Waals surface area contributed by atoms with Gasteiger partial charge in [0.15, 0.2) is 0 Å². The largest absolute Gasteiger partial charge is 0.481 e. The van der Waals surface area contributed by atoms with E-state index in [0.717, 1.165) is 34.6 Å². The summed E-state index contributed by atoms with van der Waals surface area (Å²) in [5, 5.41) is 37.1. The number of hydrogen-bond acceptors (Lipinski definition) is 5. The van der Waals surface area contributed by atoms with Crippen LogP contribution in [0, 0.1) is 0 Å². The summed E-state index contributed by atoms with van der Waals surface area (Å²) in [5.74, 6) is -4.17. The zero-order valence-electron chi connectivity index (χ0n) is 13.8. The smallest absolute Gasteiger partial charge is 0.300 e. The zero-order valence-corrected chi connectivity index (χ0v) is 17.8. The Hall–Kier alpha value is -0.650. The number of carbonyl (C=O) groups is 5. The first-order chi connectivity index (χ1) is 8.66. The Morgan fingerprint density at radius 3 is 0.409 bits per heavy atom. The topological polar surface area (TPSA) is 186 Å². The summed E-state index contributed by atoms with van der Waals surface area (Å²) in [5.41, 5.74) is 0. The normalized spacial score (nSPS) is 5.68. The fraction of sp³-hybridized carbons (Fsp3) is 0.500. The first-order valence-electron chi connectivity index (χ1n) is 4.64. The minimum absolute atomic E-state index is 0. The molecule has 0 aromatic heterocycles. The standard InChI is InChI=1S/5C2H4O2.2Na/c5*1-2(3)4;;/h5*1H3,(H,3,4);;. The molecule has 10 nitrogen and oxygen atoms in total. The number of hydrogen-bond donors (Lipinski definition) is 5. The van der Waals surface area contributed by atoms with Crippen molar-refractivity contribution < 1.29 is 49.5 Å². The van der Waals surface area contributed by atoms with Crippen LogP contribution in [0.3, 0.4) is 0 Å². The molecule has 0 aliphatic carbocycles. The van der Waals surface area contributed by atoms with Crippen molar-refractivity contribution in [3.8, 4) is 0 Å². The van der Waals surface area contributed by atoms with Gasteiger partial charge in [-0.3, -0.25) is 24.0 Å². The SMILES string of the molecule is CC(=O)O.CC(=O)O.CC(=O)O.CC(=O)O.CC(=O)O.[Na].[Na]. The fourth-order valence-corrected chi connectivity index (χ4v) is 0. The summed E-state index contributed by atoms with van der Waals surface area (Å²) in [4.78, 5) is 45.0. The van der Waals surface area contributed by atoms with E-state index in [1.807, 2.05) is 0 Å². The van der Waals surface area contributed by atoms with Crippen molar-refractivity contribution in [3.05, 3.63) is 0 Å². The van der Waals surface area contributed by atoms with E-state index in [1.165, 1.54) is 0 Å². The first-order valence-corrected chi connectivity index (χ1v) is 4.64. The van der Waals surface area contributed by atoms with E-state index in [0.29, 0.717) is 0 Å². The van der Waals surface area contributed by atoms with Gasteiger partial charge in [-0.25, -0.2) is 0 Å². The monoisotopic (exact) mass is 346 g/mol. The van der Waals surface area contributed by atoms with Gasteiger partial charge in [0.2, 0.25) is 0 Å². The van der Waals surface area contributed by atoms with Gasteiger partial charge in [-0.1, -0.05) is 0 Å². The summed E-state index contributed by atoms with van der Waals surface area (Å²) >= 11 is 0. The Bertz CT molecular complexity index is 214. The molecule has 0 amide bonds. The Labute approximate surface area is 172 Å². The molecule has 0 fully saturated rings. The van der Waals surface area contributed by atoms with Crippen molar-refractivity contribution in [2.45, 2.75) is 34.6 Å². The van der Waals surface area contributed by atoms with Gasteiger partial charge in [-0.15, -0.1) is 0 Å². The second kappa shape index (κ2) is 37.0. The molecule has 0 aromatic rings. The second-order valence-electron chi connectivity index (χ2n) is 2.60. The number of carboxylic acids is 5. The van der Waals surface area contributed by atoms with Gasteiger partial charge in [0.05, 0.1) is 0 Å². The van der Waals surface area contributed by atoms with Crippen molar-refractivity contribution >= 4 is 89.0 Å². The number of aliphatic carboxylic acids is 5. The van der Waals surface area contributed by atoms with Gasteiger partial charge >= 0.3 is 0 Å². The molecule has 5 N–H and O–H groups in total. The molecule has 2 radical (unpaired) electrons. The van der Waals surface area contributed by atoms with E-state index in [1.54, 1.807) is 0 Å². The van der Waals surface area contributed by atoms with E-state index < -0.39 is 29.8 Å². The molecule has 0 atom stereocenters. The fourth-order valence-electron chi connectivity index (χ4n) is 0. The predicted octanol–water partition coefficient (Wildman–Crippen LogP) is -0.307. The Kier molecular flexibility index (Phi) is 72.2. The molecule has 22 heavy (non-hydrogen) atoms. The summed E-state index contributed by atoms with van der Waals surface area (Å²) in [7, 11) is 0. The molecule has 0 aliphatic rings. The maximum absolute atomic E-state index is 9.00. The minimum atomic E-state index is -0.833. The molecule has 0 saturated carbocycles. The minimum Gasteiger partial charge on any atom is -0.481 e. The van der Waals surface area contributed by atoms with Crippen molar-refractivity contribution in [1.82, 2.24) is 0 Å². The van der Waals surface area contributed by atoms with Crippen molar-refractivity contribution in [2.75, 3.05) is 0 Å². The predicted molar refractivity (Wildman–Crippen MR) is 78.1 cm³/mol. The van der Waals surface area contributed by atoms with Gasteiger partial charge in [0.25, 0.3) is 29.8 Å². The van der Waals surface area contributed by atoms with Crippen molar-refractivity contribution in [3.63, 3.8) is 0 Å². The first kappa shape index (κ1) is 42.9. The quantitative estimate of drug-likeness (QED) is 0.364. The van der Waals surface area contributed by atoms with Gasteiger partial charge in [0, 0.05) is 93.7 Å². The van der Waals surface area contributed by atoms with Crippen LogP contribution in [0.25, 0.3) is 0 Å². The van der Waals surface area contributed by atoms with Crippen LogP contribution in [0.1, 0.15) is 34.6 Å². The average molecular weight is 346 g/mol. The van der Waals surface area contributed by atoms with Crippen molar-refractivity contribution in [1.29, 1.82) is 0 Å². The van der Waals surface area contributed by atoms with E-state index in [4.69, 9.17) is 49.5 Å². The third-order valence-electron chi connectivity index (χ3n) is 0. The molecular formula is C10H20Na2O10. The van der Waals surface area contributed by atoms with Gasteiger partial charge in [-0.2, -0.15) is 0 Å². The van der Waals surface area contributed by atoms with Crippen LogP contribution < -0.4 is 0 Å². The Morgan fingerprint density at radius 1 is 0.409 bits per heavy atom. The van der Waals surface area contributed by atoms with Gasteiger partial charge in [0.1, 0.15) is 0 Å². The van der Waals surface area contributed by atoms with Crippen LogP contribution in [0.5, 0.6) is 0 Å². The maximum atomic E-state index is 9.00. The third kappa shape index (κ3) is 15400. The molecule has 0 unspecified atom stereocenters. The van der Waals surface area contributed by atoms with E-state index in [9.17, 15) is 0 Å². The third-order valence-corrected chi connectivity index (χ3v) is 0. The summed E-state index contributed by atoms with van der Waals surface area (Å²) < 4.78 is 0. The molecule has 0 bridgehead atoms. The Morgan fingerprint density at radius 2 is 0.409 bits per heavy atom. The second-order valence-corrected chi connectivity index (χ2v) is 2.60. The van der Waals surface area contributed by atoms with Crippen LogP contribution in [-0.2, 0) is 24.0 Å². The van der Waals surface area contributed by atoms with Crippen LogP contribution in [0.2, 0.25) is 0 Å². The molecule has 122 valence electrons. The molecule has 0 rings (SSSR count). The van der Waals surface area contributed by atoms with Gasteiger partial charge < -0.3 is 25.5 Å². The van der Waals surface area contributed by atoms with Crippen LogP contribution in [0.4, 0.5) is 0 Å². The maximum Gasteiger partial charge on any atom is 0.300 e. The Balaban J connectivity index is -0.0000000250. The summed E-state index contributed by atoms with van der Waals surface area (Å²) in [6.07, 6.45) is 0. The molecule has 0 aliphatic heterocycles. The molecule has 12 heteroatoms. The number of carboxylic acid groups (broad SMARTS) is 5. The zero-order chi connectivity index (χ0) is 17.9. The molecule has 0 spiro atoms.